The highest BCUT2D eigenvalue weighted by atomic mass is 32.2. The summed E-state index contributed by atoms with van der Waals surface area (Å²) in [7, 11) is 3.21. The normalized spacial score (nSPS) is 16.2. The number of benzene rings is 1. The first kappa shape index (κ1) is 22.0. The number of fused-ring (bicyclic) bond motifs is 1. The predicted molar refractivity (Wildman–Crippen MR) is 128 cm³/mol. The number of para-hydroxylation sites is 1. The first-order chi connectivity index (χ1) is 15.1. The van der Waals surface area contributed by atoms with Crippen LogP contribution in [0, 0.1) is 0 Å². The molecule has 3 aromatic rings. The SMILES string of the molecule is Cn1c(=O)/c(=C2\CC=CS2)n(C)c(=O)/c1=C/c1cn(C(=O)OC(C)(C)C)c2ccccc12. The standard InChI is InChI=1S/C24H25N3O4S/c1-24(2,3)31-23(30)27-14-15(16-9-6-7-10-17(16)27)13-18-21(28)26(5)20(22(29)25(18)4)19-11-8-12-32-19/h6-10,12-14H,11H2,1-5H3/b18-13-,20-19-. The fourth-order valence-electron chi connectivity index (χ4n) is 3.71. The van der Waals surface area contributed by atoms with Crippen molar-refractivity contribution in [1.82, 2.24) is 13.7 Å². The number of carbonyl (C=O) groups excluding carboxylic acids is 1. The van der Waals surface area contributed by atoms with Gasteiger partial charge in [0.1, 0.15) is 16.3 Å². The Morgan fingerprint density at radius 2 is 1.81 bits per heavy atom. The van der Waals surface area contributed by atoms with E-state index in [0.29, 0.717) is 22.9 Å². The Labute approximate surface area is 188 Å². The van der Waals surface area contributed by atoms with Crippen molar-refractivity contribution in [3.05, 3.63) is 78.9 Å². The number of aromatic nitrogens is 3. The summed E-state index contributed by atoms with van der Waals surface area (Å²) in [6.07, 6.45) is 5.39. The summed E-state index contributed by atoms with van der Waals surface area (Å²) in [6, 6.07) is 7.38. The van der Waals surface area contributed by atoms with Crippen molar-refractivity contribution in [2.75, 3.05) is 0 Å². The van der Waals surface area contributed by atoms with Gasteiger partial charge in [-0.1, -0.05) is 24.3 Å². The molecule has 0 atom stereocenters. The topological polar surface area (TPSA) is 75.2 Å². The molecule has 0 saturated carbocycles. The van der Waals surface area contributed by atoms with Gasteiger partial charge in [-0.15, -0.1) is 11.8 Å². The molecule has 0 unspecified atom stereocenters. The highest BCUT2D eigenvalue weighted by molar-refractivity contribution is 8.10. The zero-order valence-corrected chi connectivity index (χ0v) is 19.5. The lowest BCUT2D eigenvalue weighted by molar-refractivity contribution is 0.0544. The molecule has 8 heteroatoms. The number of rotatable bonds is 1. The smallest absolute Gasteiger partial charge is 0.419 e. The van der Waals surface area contributed by atoms with Gasteiger partial charge in [0.05, 0.1) is 5.52 Å². The summed E-state index contributed by atoms with van der Waals surface area (Å²) in [5, 5.41) is 3.35. The maximum absolute atomic E-state index is 13.2. The lowest BCUT2D eigenvalue weighted by Crippen LogP contribution is -2.57. The summed E-state index contributed by atoms with van der Waals surface area (Å²) in [6.45, 7) is 5.42. The van der Waals surface area contributed by atoms with Crippen molar-refractivity contribution in [3.63, 3.8) is 0 Å². The number of carbonyl (C=O) groups is 1. The van der Waals surface area contributed by atoms with Gasteiger partial charge in [-0.2, -0.15) is 0 Å². The summed E-state index contributed by atoms with van der Waals surface area (Å²) in [5.41, 5.74) is 0.148. The molecule has 166 valence electrons. The molecule has 0 saturated heterocycles. The summed E-state index contributed by atoms with van der Waals surface area (Å²) >= 11 is 1.46. The van der Waals surface area contributed by atoms with Crippen molar-refractivity contribution in [1.29, 1.82) is 0 Å². The second-order valence-corrected chi connectivity index (χ2v) is 9.68. The molecule has 0 N–H and O–H groups in total. The third-order valence-electron chi connectivity index (χ3n) is 5.23. The van der Waals surface area contributed by atoms with Crippen LogP contribution in [0.15, 0.2) is 51.5 Å². The van der Waals surface area contributed by atoms with E-state index in [0.717, 1.165) is 10.3 Å². The summed E-state index contributed by atoms with van der Waals surface area (Å²) in [5.74, 6) is 0. The van der Waals surface area contributed by atoms with Crippen LogP contribution < -0.4 is 21.8 Å². The van der Waals surface area contributed by atoms with E-state index in [1.807, 2.05) is 35.7 Å². The zero-order chi connectivity index (χ0) is 23.2. The third-order valence-corrected chi connectivity index (χ3v) is 6.20. The maximum atomic E-state index is 13.2. The van der Waals surface area contributed by atoms with Crippen molar-refractivity contribution in [2.45, 2.75) is 32.8 Å². The van der Waals surface area contributed by atoms with Gasteiger partial charge in [-0.3, -0.25) is 14.2 Å². The minimum atomic E-state index is -0.646. The molecule has 1 aliphatic rings. The molecule has 2 aromatic heterocycles. The van der Waals surface area contributed by atoms with Gasteiger partial charge < -0.3 is 13.9 Å². The van der Waals surface area contributed by atoms with E-state index in [9.17, 15) is 14.4 Å². The second kappa shape index (κ2) is 8.02. The first-order valence-corrected chi connectivity index (χ1v) is 11.1. The number of nitrogens with zero attached hydrogens (tertiary/aromatic N) is 3. The quantitative estimate of drug-likeness (QED) is 0.568. The molecule has 4 rings (SSSR count). The van der Waals surface area contributed by atoms with Gasteiger partial charge in [-0.25, -0.2) is 4.79 Å². The molecular formula is C24H25N3O4S. The number of hydrogen-bond donors (Lipinski definition) is 0. The van der Waals surface area contributed by atoms with Crippen molar-refractivity contribution >= 4 is 39.7 Å². The Morgan fingerprint density at radius 1 is 1.09 bits per heavy atom. The van der Waals surface area contributed by atoms with E-state index in [2.05, 4.69) is 0 Å². The predicted octanol–water partition coefficient (Wildman–Crippen LogP) is 2.41. The van der Waals surface area contributed by atoms with Crippen LogP contribution in [0.2, 0.25) is 0 Å². The van der Waals surface area contributed by atoms with Crippen LogP contribution in [0.5, 0.6) is 0 Å². The number of ether oxygens (including phenoxy) is 1. The monoisotopic (exact) mass is 451 g/mol. The molecule has 0 fully saturated rings. The van der Waals surface area contributed by atoms with E-state index in [-0.39, 0.29) is 16.5 Å². The van der Waals surface area contributed by atoms with Gasteiger partial charge in [0, 0.05) is 36.1 Å². The van der Waals surface area contributed by atoms with Gasteiger partial charge in [-0.05, 0) is 44.7 Å². The second-order valence-electron chi connectivity index (χ2n) is 8.68. The van der Waals surface area contributed by atoms with Crippen LogP contribution >= 0.6 is 11.8 Å². The molecule has 0 spiro atoms. The van der Waals surface area contributed by atoms with Crippen molar-refractivity contribution in [3.8, 4) is 0 Å². The van der Waals surface area contributed by atoms with E-state index in [1.165, 1.54) is 25.5 Å². The summed E-state index contributed by atoms with van der Waals surface area (Å²) < 4.78 is 9.75. The molecule has 0 bridgehead atoms. The van der Waals surface area contributed by atoms with Gasteiger partial charge in [0.25, 0.3) is 11.1 Å². The molecular weight excluding hydrogens is 426 g/mol. The minimum absolute atomic E-state index is 0.236. The van der Waals surface area contributed by atoms with Crippen LogP contribution in [0.4, 0.5) is 4.79 Å². The Hall–Kier alpha value is -3.26. The molecule has 0 aliphatic carbocycles. The fourth-order valence-corrected chi connectivity index (χ4v) is 4.59. The Balaban J connectivity index is 1.97. The van der Waals surface area contributed by atoms with Crippen LogP contribution in [-0.2, 0) is 18.8 Å². The minimum Gasteiger partial charge on any atom is -0.443 e. The fraction of sp³-hybridized carbons (Fsp3) is 0.292. The van der Waals surface area contributed by atoms with Gasteiger partial charge in [0.15, 0.2) is 0 Å². The number of hydrogen-bond acceptors (Lipinski definition) is 5. The van der Waals surface area contributed by atoms with Crippen molar-refractivity contribution < 1.29 is 9.53 Å². The van der Waals surface area contributed by atoms with E-state index in [1.54, 1.807) is 47.1 Å². The zero-order valence-electron chi connectivity index (χ0n) is 18.7. The highest BCUT2D eigenvalue weighted by Crippen LogP contribution is 2.27. The average molecular weight is 452 g/mol. The molecule has 32 heavy (non-hydrogen) atoms. The molecule has 7 nitrogen and oxygen atoms in total. The maximum Gasteiger partial charge on any atom is 0.419 e. The van der Waals surface area contributed by atoms with Gasteiger partial charge >= 0.3 is 6.09 Å². The molecule has 0 amide bonds. The molecule has 1 aromatic carbocycles. The van der Waals surface area contributed by atoms with Crippen LogP contribution in [-0.4, -0.2) is 25.4 Å². The largest absolute Gasteiger partial charge is 0.443 e. The van der Waals surface area contributed by atoms with E-state index >= 15 is 0 Å². The Bertz CT molecular complexity index is 1500. The van der Waals surface area contributed by atoms with Gasteiger partial charge in [0.2, 0.25) is 0 Å². The Kier molecular flexibility index (Phi) is 5.50. The Morgan fingerprint density at radius 3 is 2.47 bits per heavy atom. The van der Waals surface area contributed by atoms with Crippen LogP contribution in [0.1, 0.15) is 32.8 Å². The third kappa shape index (κ3) is 3.86. The number of allylic oxidation sites excluding steroid dienone is 1. The summed E-state index contributed by atoms with van der Waals surface area (Å²) in [4.78, 5) is 40.0. The van der Waals surface area contributed by atoms with E-state index in [4.69, 9.17) is 4.74 Å². The lowest BCUT2D eigenvalue weighted by Gasteiger charge is -2.19. The van der Waals surface area contributed by atoms with E-state index < -0.39 is 11.7 Å². The lowest BCUT2D eigenvalue weighted by atomic mass is 10.1. The molecule has 0 radical (unpaired) electrons. The average Bonchev–Trinajstić information content (AvgIpc) is 3.37. The highest BCUT2D eigenvalue weighted by Gasteiger charge is 2.20. The van der Waals surface area contributed by atoms with Crippen molar-refractivity contribution in [2.24, 2.45) is 14.1 Å². The first-order valence-electron chi connectivity index (χ1n) is 10.2. The van der Waals surface area contributed by atoms with Crippen LogP contribution in [0.3, 0.4) is 0 Å². The molecule has 1 aliphatic heterocycles. The van der Waals surface area contributed by atoms with Crippen LogP contribution in [0.25, 0.3) is 21.9 Å². The number of thioether (sulfide) groups is 1. The molecule has 3 heterocycles.